The van der Waals surface area contributed by atoms with Crippen molar-refractivity contribution < 1.29 is 9.53 Å². The molecule has 4 heterocycles. The molecule has 172 valence electrons. The highest BCUT2D eigenvalue weighted by Gasteiger charge is 2.24. The zero-order valence-corrected chi connectivity index (χ0v) is 19.5. The number of morpholine rings is 1. The van der Waals surface area contributed by atoms with Crippen LogP contribution in [-0.4, -0.2) is 60.2 Å². The lowest BCUT2D eigenvalue weighted by atomic mass is 9.97. The molecular formula is C25H29N5O2S. The molecule has 0 radical (unpaired) electrons. The molecule has 0 atom stereocenters. The Labute approximate surface area is 198 Å². The molecule has 0 unspecified atom stereocenters. The number of likely N-dealkylation sites (tertiary alicyclic amines) is 1. The molecule has 2 fully saturated rings. The molecule has 1 N–H and O–H groups in total. The standard InChI is InChI=1S/C25H29N5O2S/c31-24(27-21-5-1-2-6-23(21)30-12-14-32-15-13-30)22-18-33-25(28-22)20-7-10-29(11-8-20)17-19-4-3-9-26-16-19/h1-6,9,16,18,20H,7-8,10-15,17H2,(H,27,31). The number of anilines is 2. The van der Waals surface area contributed by atoms with Crippen LogP contribution in [0, 0.1) is 0 Å². The van der Waals surface area contributed by atoms with Crippen LogP contribution in [0.25, 0.3) is 0 Å². The molecule has 2 saturated heterocycles. The van der Waals surface area contributed by atoms with E-state index in [1.165, 1.54) is 5.56 Å². The first-order valence-electron chi connectivity index (χ1n) is 11.6. The summed E-state index contributed by atoms with van der Waals surface area (Å²) in [5.41, 5.74) is 3.61. The van der Waals surface area contributed by atoms with Gasteiger partial charge in [-0.3, -0.25) is 14.7 Å². The van der Waals surface area contributed by atoms with Gasteiger partial charge in [-0.1, -0.05) is 18.2 Å². The van der Waals surface area contributed by atoms with Gasteiger partial charge in [0.15, 0.2) is 0 Å². The van der Waals surface area contributed by atoms with E-state index < -0.39 is 0 Å². The molecule has 7 nitrogen and oxygen atoms in total. The van der Waals surface area contributed by atoms with Gasteiger partial charge in [0, 0.05) is 43.3 Å². The van der Waals surface area contributed by atoms with Gasteiger partial charge in [-0.25, -0.2) is 4.98 Å². The first-order valence-corrected chi connectivity index (χ1v) is 12.4. The molecule has 0 aliphatic carbocycles. The molecule has 2 aromatic heterocycles. The van der Waals surface area contributed by atoms with Crippen LogP contribution in [0.4, 0.5) is 11.4 Å². The van der Waals surface area contributed by atoms with Gasteiger partial charge in [-0.05, 0) is 49.7 Å². The number of benzene rings is 1. The van der Waals surface area contributed by atoms with Gasteiger partial charge in [0.1, 0.15) is 5.69 Å². The Morgan fingerprint density at radius 2 is 1.91 bits per heavy atom. The molecule has 2 aliphatic rings. The summed E-state index contributed by atoms with van der Waals surface area (Å²) in [5, 5.41) is 6.05. The number of hydrogen-bond donors (Lipinski definition) is 1. The highest BCUT2D eigenvalue weighted by Crippen LogP contribution is 2.32. The summed E-state index contributed by atoms with van der Waals surface area (Å²) in [6.07, 6.45) is 5.88. The number of pyridine rings is 1. The highest BCUT2D eigenvalue weighted by atomic mass is 32.1. The SMILES string of the molecule is O=C(Nc1ccccc1N1CCOCC1)c1csc(C2CCN(Cc3cccnc3)CC2)n1. The van der Waals surface area contributed by atoms with Crippen molar-refractivity contribution in [3.63, 3.8) is 0 Å². The van der Waals surface area contributed by atoms with E-state index in [9.17, 15) is 4.79 Å². The summed E-state index contributed by atoms with van der Waals surface area (Å²) in [7, 11) is 0. The quantitative estimate of drug-likeness (QED) is 0.596. The van der Waals surface area contributed by atoms with Crippen LogP contribution in [0.3, 0.4) is 0 Å². The molecule has 1 aromatic carbocycles. The average Bonchev–Trinajstić information content (AvgIpc) is 3.37. The number of nitrogens with one attached hydrogen (secondary N) is 1. The topological polar surface area (TPSA) is 70.6 Å². The number of rotatable bonds is 6. The van der Waals surface area contributed by atoms with Gasteiger partial charge in [0.2, 0.25) is 0 Å². The van der Waals surface area contributed by atoms with Gasteiger partial charge < -0.3 is 15.0 Å². The Morgan fingerprint density at radius 3 is 2.70 bits per heavy atom. The minimum Gasteiger partial charge on any atom is -0.378 e. The summed E-state index contributed by atoms with van der Waals surface area (Å²) in [5.74, 6) is 0.273. The van der Waals surface area contributed by atoms with Crippen molar-refractivity contribution in [1.82, 2.24) is 14.9 Å². The number of para-hydroxylation sites is 2. The van der Waals surface area contributed by atoms with Crippen LogP contribution in [0.2, 0.25) is 0 Å². The third-order valence-electron chi connectivity index (χ3n) is 6.32. The fourth-order valence-electron chi connectivity index (χ4n) is 4.51. The predicted molar refractivity (Wildman–Crippen MR) is 131 cm³/mol. The molecule has 8 heteroatoms. The molecule has 2 aliphatic heterocycles. The van der Waals surface area contributed by atoms with Gasteiger partial charge in [-0.15, -0.1) is 11.3 Å². The Hall–Kier alpha value is -2.81. The lowest BCUT2D eigenvalue weighted by molar-refractivity contribution is 0.102. The van der Waals surface area contributed by atoms with E-state index in [0.717, 1.165) is 61.9 Å². The molecule has 3 aromatic rings. The van der Waals surface area contributed by atoms with Crippen molar-refractivity contribution in [1.29, 1.82) is 0 Å². The third kappa shape index (κ3) is 5.40. The maximum Gasteiger partial charge on any atom is 0.275 e. The summed E-state index contributed by atoms with van der Waals surface area (Å²) in [6.45, 7) is 6.08. The minimum absolute atomic E-state index is 0.146. The molecule has 0 bridgehead atoms. The molecule has 0 spiro atoms. The van der Waals surface area contributed by atoms with Gasteiger partial charge in [0.05, 0.1) is 29.6 Å². The maximum absolute atomic E-state index is 13.0. The largest absolute Gasteiger partial charge is 0.378 e. The van der Waals surface area contributed by atoms with Crippen molar-refractivity contribution in [2.45, 2.75) is 25.3 Å². The number of aromatic nitrogens is 2. The van der Waals surface area contributed by atoms with Gasteiger partial charge in [-0.2, -0.15) is 0 Å². The molecule has 1 amide bonds. The second kappa shape index (κ2) is 10.4. The van der Waals surface area contributed by atoms with Crippen LogP contribution in [0.1, 0.15) is 39.8 Å². The smallest absolute Gasteiger partial charge is 0.275 e. The van der Waals surface area contributed by atoms with E-state index in [4.69, 9.17) is 9.72 Å². The molecule has 0 saturated carbocycles. The van der Waals surface area contributed by atoms with Crippen LogP contribution in [0.5, 0.6) is 0 Å². The van der Waals surface area contributed by atoms with Crippen LogP contribution >= 0.6 is 11.3 Å². The lowest BCUT2D eigenvalue weighted by Crippen LogP contribution is -2.36. The summed E-state index contributed by atoms with van der Waals surface area (Å²) in [6, 6.07) is 12.1. The fraction of sp³-hybridized carbons (Fsp3) is 0.400. The number of ether oxygens (including phenoxy) is 1. The van der Waals surface area contributed by atoms with Crippen molar-refractivity contribution in [2.24, 2.45) is 0 Å². The number of nitrogens with zero attached hydrogens (tertiary/aromatic N) is 4. The van der Waals surface area contributed by atoms with Gasteiger partial charge in [0.25, 0.3) is 5.91 Å². The summed E-state index contributed by atoms with van der Waals surface area (Å²) in [4.78, 5) is 26.6. The number of carbonyl (C=O) groups is 1. The zero-order chi connectivity index (χ0) is 22.5. The fourth-order valence-corrected chi connectivity index (χ4v) is 5.48. The predicted octanol–water partition coefficient (Wildman–Crippen LogP) is 4.01. The summed E-state index contributed by atoms with van der Waals surface area (Å²) >= 11 is 1.61. The van der Waals surface area contributed by atoms with Crippen molar-refractivity contribution in [2.75, 3.05) is 49.6 Å². The van der Waals surface area contributed by atoms with Crippen molar-refractivity contribution >= 4 is 28.6 Å². The number of piperidine rings is 1. The van der Waals surface area contributed by atoms with Crippen LogP contribution in [-0.2, 0) is 11.3 Å². The third-order valence-corrected chi connectivity index (χ3v) is 7.33. The van der Waals surface area contributed by atoms with E-state index >= 15 is 0 Å². The maximum atomic E-state index is 13.0. The number of hydrogen-bond acceptors (Lipinski definition) is 7. The van der Waals surface area contributed by atoms with E-state index in [2.05, 4.69) is 26.2 Å². The molecule has 5 rings (SSSR count). The van der Waals surface area contributed by atoms with Gasteiger partial charge >= 0.3 is 0 Å². The normalized spacial score (nSPS) is 17.8. The van der Waals surface area contributed by atoms with E-state index in [0.29, 0.717) is 24.8 Å². The van der Waals surface area contributed by atoms with E-state index in [-0.39, 0.29) is 5.91 Å². The summed E-state index contributed by atoms with van der Waals surface area (Å²) < 4.78 is 5.46. The Bertz CT molecular complexity index is 1060. The van der Waals surface area contributed by atoms with Crippen LogP contribution < -0.4 is 10.2 Å². The lowest BCUT2D eigenvalue weighted by Gasteiger charge is -2.31. The first-order chi connectivity index (χ1) is 16.3. The second-order valence-electron chi connectivity index (χ2n) is 8.55. The Kier molecular flexibility index (Phi) is 6.95. The zero-order valence-electron chi connectivity index (χ0n) is 18.7. The number of carbonyl (C=O) groups excluding carboxylic acids is 1. The first kappa shape index (κ1) is 22.0. The molecule has 33 heavy (non-hydrogen) atoms. The Morgan fingerprint density at radius 1 is 1.09 bits per heavy atom. The van der Waals surface area contributed by atoms with E-state index in [1.807, 2.05) is 48.1 Å². The number of amides is 1. The minimum atomic E-state index is -0.146. The van der Waals surface area contributed by atoms with E-state index in [1.54, 1.807) is 11.3 Å². The number of thiazole rings is 1. The second-order valence-corrected chi connectivity index (χ2v) is 9.44. The average molecular weight is 464 g/mol. The van der Waals surface area contributed by atoms with Crippen LogP contribution in [0.15, 0.2) is 54.2 Å². The molecular weight excluding hydrogens is 434 g/mol. The van der Waals surface area contributed by atoms with Crippen molar-refractivity contribution in [3.05, 3.63) is 70.4 Å². The Balaban J connectivity index is 1.19. The monoisotopic (exact) mass is 463 g/mol. The highest BCUT2D eigenvalue weighted by molar-refractivity contribution is 7.10. The van der Waals surface area contributed by atoms with Crippen molar-refractivity contribution in [3.8, 4) is 0 Å².